The Bertz CT molecular complexity index is 1120. The Hall–Kier alpha value is -3.26. The fourth-order valence-corrected chi connectivity index (χ4v) is 3.98. The number of anilines is 2. The molecular weight excluding hydrogens is 426 g/mol. The molecule has 0 atom stereocenters. The highest BCUT2D eigenvalue weighted by molar-refractivity contribution is 5.91. The van der Waals surface area contributed by atoms with Gasteiger partial charge in [0.25, 0.3) is 0 Å². The van der Waals surface area contributed by atoms with E-state index in [-0.39, 0.29) is 30.1 Å². The minimum absolute atomic E-state index is 0.131. The lowest BCUT2D eigenvalue weighted by Gasteiger charge is -2.35. The molecule has 1 aliphatic rings. The molecule has 1 N–H and O–H groups in total. The minimum Gasteiger partial charge on any atom is -0.441 e. The van der Waals surface area contributed by atoms with E-state index in [1.54, 1.807) is 0 Å². The molecule has 8 heteroatoms. The first-order valence-electron chi connectivity index (χ1n) is 11.2. The highest BCUT2D eigenvalue weighted by atomic mass is 19.1. The Kier molecular flexibility index (Phi) is 7.03. The average Bonchev–Trinajstić information content (AvgIpc) is 3.28. The van der Waals surface area contributed by atoms with Crippen LogP contribution in [-0.4, -0.2) is 48.5 Å². The van der Waals surface area contributed by atoms with E-state index in [0.717, 1.165) is 56.1 Å². The Morgan fingerprint density at radius 3 is 2.61 bits per heavy atom. The third-order valence-electron chi connectivity index (χ3n) is 5.98. The summed E-state index contributed by atoms with van der Waals surface area (Å²) in [5.74, 6) is -1.01. The zero-order valence-electron chi connectivity index (χ0n) is 18.9. The predicted molar refractivity (Wildman–Crippen MR) is 124 cm³/mol. The molecule has 0 aliphatic carbocycles. The smallest absolute Gasteiger partial charge is 0.224 e. The van der Waals surface area contributed by atoms with Crippen LogP contribution >= 0.6 is 0 Å². The van der Waals surface area contributed by atoms with Crippen molar-refractivity contribution in [2.45, 2.75) is 26.7 Å². The monoisotopic (exact) mass is 454 g/mol. The van der Waals surface area contributed by atoms with Gasteiger partial charge in [0.15, 0.2) is 11.7 Å². The third kappa shape index (κ3) is 5.57. The van der Waals surface area contributed by atoms with Gasteiger partial charge in [-0.1, -0.05) is 6.92 Å². The standard InChI is InChI=1S/C25H28F2N4O2/c1-3-30-10-12-31(13-11-30)19-5-7-22(17(2)14-19)29-24(32)8-9-25-28-16-23(33-25)20-6-4-18(26)15-21(20)27/h4-7,14-16H,3,8-13H2,1-2H3,(H,29,32). The van der Waals surface area contributed by atoms with Crippen molar-refractivity contribution >= 4 is 17.3 Å². The van der Waals surface area contributed by atoms with Crippen LogP contribution in [0.3, 0.4) is 0 Å². The third-order valence-corrected chi connectivity index (χ3v) is 5.98. The van der Waals surface area contributed by atoms with Gasteiger partial charge in [0.1, 0.15) is 11.6 Å². The number of nitrogens with one attached hydrogen (secondary N) is 1. The van der Waals surface area contributed by atoms with Crippen LogP contribution in [0, 0.1) is 18.6 Å². The van der Waals surface area contributed by atoms with Crippen molar-refractivity contribution in [2.75, 3.05) is 42.9 Å². The Labute approximate surface area is 192 Å². The van der Waals surface area contributed by atoms with Crippen molar-refractivity contribution in [3.63, 3.8) is 0 Å². The molecule has 1 amide bonds. The number of aryl methyl sites for hydroxylation is 2. The van der Waals surface area contributed by atoms with Gasteiger partial charge in [-0.05, 0) is 49.4 Å². The van der Waals surface area contributed by atoms with Crippen molar-refractivity contribution in [3.8, 4) is 11.3 Å². The number of hydrogen-bond donors (Lipinski definition) is 1. The summed E-state index contributed by atoms with van der Waals surface area (Å²) in [6.45, 7) is 9.37. The number of benzene rings is 2. The first-order chi connectivity index (χ1) is 15.9. The molecule has 0 saturated carbocycles. The summed E-state index contributed by atoms with van der Waals surface area (Å²) in [4.78, 5) is 21.4. The van der Waals surface area contributed by atoms with Crippen LogP contribution in [0.2, 0.25) is 0 Å². The van der Waals surface area contributed by atoms with Gasteiger partial charge in [0.05, 0.1) is 11.8 Å². The Morgan fingerprint density at radius 2 is 1.91 bits per heavy atom. The molecule has 4 rings (SSSR count). The van der Waals surface area contributed by atoms with Gasteiger partial charge in [-0.15, -0.1) is 0 Å². The Balaban J connectivity index is 1.32. The molecule has 1 aliphatic heterocycles. The number of carbonyl (C=O) groups is 1. The summed E-state index contributed by atoms with van der Waals surface area (Å²) in [7, 11) is 0. The highest BCUT2D eigenvalue weighted by Crippen LogP contribution is 2.26. The van der Waals surface area contributed by atoms with Gasteiger partial charge in [-0.3, -0.25) is 4.79 Å². The summed E-state index contributed by atoms with van der Waals surface area (Å²) in [5, 5.41) is 2.94. The highest BCUT2D eigenvalue weighted by Gasteiger charge is 2.17. The van der Waals surface area contributed by atoms with E-state index in [9.17, 15) is 13.6 Å². The molecule has 0 spiro atoms. The summed E-state index contributed by atoms with van der Waals surface area (Å²) >= 11 is 0. The number of rotatable bonds is 7. The van der Waals surface area contributed by atoms with Crippen molar-refractivity contribution in [2.24, 2.45) is 0 Å². The van der Waals surface area contributed by atoms with Gasteiger partial charge >= 0.3 is 0 Å². The summed E-state index contributed by atoms with van der Waals surface area (Å²) in [5.41, 5.74) is 3.08. The number of nitrogens with zero attached hydrogens (tertiary/aromatic N) is 3. The molecule has 1 fully saturated rings. The quantitative estimate of drug-likeness (QED) is 0.564. The predicted octanol–water partition coefficient (Wildman–Crippen LogP) is 4.64. The summed E-state index contributed by atoms with van der Waals surface area (Å²) in [6.07, 6.45) is 1.83. The van der Waals surface area contributed by atoms with E-state index in [4.69, 9.17) is 4.42 Å². The second-order valence-electron chi connectivity index (χ2n) is 8.21. The zero-order valence-corrected chi connectivity index (χ0v) is 18.9. The number of aromatic nitrogens is 1. The average molecular weight is 455 g/mol. The van der Waals surface area contributed by atoms with E-state index >= 15 is 0 Å². The van der Waals surface area contributed by atoms with Crippen LogP contribution in [-0.2, 0) is 11.2 Å². The van der Waals surface area contributed by atoms with Crippen molar-refractivity contribution in [1.29, 1.82) is 0 Å². The largest absolute Gasteiger partial charge is 0.441 e. The van der Waals surface area contributed by atoms with Crippen LogP contribution in [0.25, 0.3) is 11.3 Å². The topological polar surface area (TPSA) is 61.6 Å². The van der Waals surface area contributed by atoms with Gasteiger partial charge < -0.3 is 19.5 Å². The molecule has 6 nitrogen and oxygen atoms in total. The lowest BCUT2D eigenvalue weighted by atomic mass is 10.1. The number of halogens is 2. The maximum Gasteiger partial charge on any atom is 0.224 e. The van der Waals surface area contributed by atoms with Gasteiger partial charge in [-0.2, -0.15) is 0 Å². The molecular formula is C25H28F2N4O2. The van der Waals surface area contributed by atoms with E-state index in [2.05, 4.69) is 33.1 Å². The number of amides is 1. The van der Waals surface area contributed by atoms with Gasteiger partial charge in [0, 0.05) is 56.5 Å². The number of piperazine rings is 1. The molecule has 1 aromatic heterocycles. The zero-order chi connectivity index (χ0) is 23.4. The first-order valence-corrected chi connectivity index (χ1v) is 11.2. The normalized spacial score (nSPS) is 14.5. The Morgan fingerprint density at radius 1 is 1.12 bits per heavy atom. The molecule has 33 heavy (non-hydrogen) atoms. The molecule has 174 valence electrons. The van der Waals surface area contributed by atoms with Gasteiger partial charge in [0.2, 0.25) is 5.91 Å². The molecule has 2 heterocycles. The van der Waals surface area contributed by atoms with E-state index in [1.165, 1.54) is 18.0 Å². The second-order valence-corrected chi connectivity index (χ2v) is 8.21. The SMILES string of the molecule is CCN1CCN(c2ccc(NC(=O)CCc3ncc(-c4ccc(F)cc4F)o3)c(C)c2)CC1. The number of carbonyl (C=O) groups excluding carboxylic acids is 1. The minimum atomic E-state index is -0.721. The van der Waals surface area contributed by atoms with E-state index in [1.807, 2.05) is 19.1 Å². The number of hydrogen-bond acceptors (Lipinski definition) is 5. The first kappa shape index (κ1) is 22.9. The molecule has 1 saturated heterocycles. The fraction of sp³-hybridized carbons (Fsp3) is 0.360. The molecule has 2 aromatic carbocycles. The summed E-state index contributed by atoms with van der Waals surface area (Å²) in [6, 6.07) is 9.35. The van der Waals surface area contributed by atoms with Crippen molar-refractivity contribution < 1.29 is 18.0 Å². The summed E-state index contributed by atoms with van der Waals surface area (Å²) < 4.78 is 32.6. The lowest BCUT2D eigenvalue weighted by Crippen LogP contribution is -2.46. The van der Waals surface area contributed by atoms with Crippen molar-refractivity contribution in [1.82, 2.24) is 9.88 Å². The van der Waals surface area contributed by atoms with Crippen LogP contribution < -0.4 is 10.2 Å². The van der Waals surface area contributed by atoms with Crippen LogP contribution in [0.4, 0.5) is 20.2 Å². The molecule has 3 aromatic rings. The molecule has 0 unspecified atom stereocenters. The van der Waals surface area contributed by atoms with Crippen LogP contribution in [0.5, 0.6) is 0 Å². The maximum absolute atomic E-state index is 13.9. The van der Waals surface area contributed by atoms with E-state index < -0.39 is 11.6 Å². The van der Waals surface area contributed by atoms with Gasteiger partial charge in [-0.25, -0.2) is 13.8 Å². The lowest BCUT2D eigenvalue weighted by molar-refractivity contribution is -0.116. The van der Waals surface area contributed by atoms with Crippen molar-refractivity contribution in [3.05, 3.63) is 65.7 Å². The number of likely N-dealkylation sites (N-methyl/N-ethyl adjacent to an activating group) is 1. The molecule has 0 bridgehead atoms. The fourth-order valence-electron chi connectivity index (χ4n) is 3.98. The molecule has 0 radical (unpaired) electrons. The van der Waals surface area contributed by atoms with E-state index in [0.29, 0.717) is 5.89 Å². The van der Waals surface area contributed by atoms with Crippen LogP contribution in [0.1, 0.15) is 24.8 Å². The second kappa shape index (κ2) is 10.1. The van der Waals surface area contributed by atoms with Crippen LogP contribution in [0.15, 0.2) is 47.0 Å². The number of oxazole rings is 1. The maximum atomic E-state index is 13.9.